The normalized spacial score (nSPS) is 10.7. The summed E-state index contributed by atoms with van der Waals surface area (Å²) < 4.78 is 8.19. The third kappa shape index (κ3) is 2.53. The molecule has 0 fully saturated rings. The Morgan fingerprint density at radius 3 is 2.83 bits per heavy atom. The van der Waals surface area contributed by atoms with Gasteiger partial charge in [0.2, 0.25) is 5.88 Å². The summed E-state index contributed by atoms with van der Waals surface area (Å²) in [5, 5.41) is 14.0. The molecule has 18 heavy (non-hydrogen) atoms. The fourth-order valence-corrected chi connectivity index (χ4v) is 2.36. The van der Waals surface area contributed by atoms with Gasteiger partial charge in [0, 0.05) is 11.5 Å². The van der Waals surface area contributed by atoms with Gasteiger partial charge in [0.15, 0.2) is 0 Å². The number of aliphatic hydroxyl groups excluding tert-OH is 1. The molecule has 6 heteroatoms. The Morgan fingerprint density at radius 1 is 1.50 bits per heavy atom. The van der Waals surface area contributed by atoms with Gasteiger partial charge < -0.3 is 9.84 Å². The Morgan fingerprint density at radius 2 is 2.22 bits per heavy atom. The Bertz CT molecular complexity index is 584. The van der Waals surface area contributed by atoms with Crippen molar-refractivity contribution in [3.05, 3.63) is 39.0 Å². The minimum absolute atomic E-state index is 0.122. The van der Waals surface area contributed by atoms with Crippen molar-refractivity contribution < 1.29 is 9.84 Å². The van der Waals surface area contributed by atoms with Crippen LogP contribution in [-0.4, -0.2) is 14.9 Å². The van der Waals surface area contributed by atoms with Gasteiger partial charge in [-0.15, -0.1) is 0 Å². The predicted octanol–water partition coefficient (Wildman–Crippen LogP) is 3.43. The Kier molecular flexibility index (Phi) is 3.94. The molecule has 0 spiro atoms. The van der Waals surface area contributed by atoms with Crippen LogP contribution in [0.2, 0.25) is 5.02 Å². The largest absolute Gasteiger partial charge is 0.437 e. The number of hydrogen-bond acceptors (Lipinski definition) is 3. The second kappa shape index (κ2) is 5.30. The lowest BCUT2D eigenvalue weighted by Crippen LogP contribution is -1.97. The fraction of sp³-hybridized carbons (Fsp3) is 0.250. The molecule has 0 amide bonds. The van der Waals surface area contributed by atoms with E-state index in [1.807, 2.05) is 13.0 Å². The first kappa shape index (κ1) is 13.4. The van der Waals surface area contributed by atoms with Crippen molar-refractivity contribution in [1.82, 2.24) is 9.78 Å². The molecule has 96 valence electrons. The lowest BCUT2D eigenvalue weighted by atomic mass is 10.2. The smallest absolute Gasteiger partial charge is 0.223 e. The second-order valence-electron chi connectivity index (χ2n) is 3.83. The van der Waals surface area contributed by atoms with Crippen LogP contribution in [-0.2, 0) is 13.7 Å². The number of benzene rings is 1. The van der Waals surface area contributed by atoms with Crippen LogP contribution in [0.1, 0.15) is 11.3 Å². The molecule has 1 aromatic carbocycles. The van der Waals surface area contributed by atoms with Crippen LogP contribution >= 0.6 is 27.5 Å². The predicted molar refractivity (Wildman–Crippen MR) is 73.1 cm³/mol. The average molecular weight is 332 g/mol. The van der Waals surface area contributed by atoms with Crippen molar-refractivity contribution >= 4 is 27.5 Å². The van der Waals surface area contributed by atoms with Crippen molar-refractivity contribution in [2.75, 3.05) is 0 Å². The monoisotopic (exact) mass is 330 g/mol. The number of aromatic nitrogens is 2. The van der Waals surface area contributed by atoms with Gasteiger partial charge in [0.25, 0.3) is 0 Å². The zero-order chi connectivity index (χ0) is 13.3. The minimum Gasteiger partial charge on any atom is -0.437 e. The van der Waals surface area contributed by atoms with Crippen LogP contribution in [0.5, 0.6) is 11.6 Å². The highest BCUT2D eigenvalue weighted by Gasteiger charge is 2.15. The van der Waals surface area contributed by atoms with E-state index in [1.165, 1.54) is 0 Å². The summed E-state index contributed by atoms with van der Waals surface area (Å²) in [6, 6.07) is 5.34. The Labute approximate surface area is 118 Å². The second-order valence-corrected chi connectivity index (χ2v) is 5.15. The molecule has 2 rings (SSSR count). The van der Waals surface area contributed by atoms with E-state index in [0.717, 1.165) is 10.2 Å². The molecule has 0 radical (unpaired) electrons. The quantitative estimate of drug-likeness (QED) is 0.937. The summed E-state index contributed by atoms with van der Waals surface area (Å²) >= 11 is 9.42. The third-order valence-electron chi connectivity index (χ3n) is 2.55. The molecule has 0 saturated carbocycles. The number of aliphatic hydroxyl groups is 1. The summed E-state index contributed by atoms with van der Waals surface area (Å²) in [5.74, 6) is 1.02. The van der Waals surface area contributed by atoms with Crippen LogP contribution < -0.4 is 4.74 Å². The van der Waals surface area contributed by atoms with Gasteiger partial charge in [0.1, 0.15) is 5.75 Å². The molecular weight excluding hydrogens is 320 g/mol. The van der Waals surface area contributed by atoms with E-state index in [9.17, 15) is 5.11 Å². The molecule has 0 bridgehead atoms. The van der Waals surface area contributed by atoms with Gasteiger partial charge in [0.05, 0.1) is 22.9 Å². The van der Waals surface area contributed by atoms with E-state index in [1.54, 1.807) is 23.9 Å². The van der Waals surface area contributed by atoms with Crippen LogP contribution in [0, 0.1) is 6.92 Å². The standard InChI is InChI=1S/C12H12BrClN2O2/c1-7-9(6-17)12(16(2)15-7)18-11-4-3-8(13)5-10(11)14/h3-5,17H,6H2,1-2H3. The number of nitrogens with zero attached hydrogens (tertiary/aromatic N) is 2. The maximum atomic E-state index is 9.33. The summed E-state index contributed by atoms with van der Waals surface area (Å²) in [6.45, 7) is 1.70. The van der Waals surface area contributed by atoms with Gasteiger partial charge in [-0.2, -0.15) is 5.10 Å². The number of rotatable bonds is 3. The molecule has 4 nitrogen and oxygen atoms in total. The van der Waals surface area contributed by atoms with Gasteiger partial charge in [-0.05, 0) is 25.1 Å². The van der Waals surface area contributed by atoms with Crippen molar-refractivity contribution in [2.24, 2.45) is 7.05 Å². The summed E-state index contributed by atoms with van der Waals surface area (Å²) in [7, 11) is 1.76. The lowest BCUT2D eigenvalue weighted by Gasteiger charge is -2.09. The zero-order valence-electron chi connectivity index (χ0n) is 9.94. The molecule has 0 saturated heterocycles. The number of aryl methyl sites for hydroxylation is 2. The number of halogens is 2. The molecule has 0 aliphatic rings. The highest BCUT2D eigenvalue weighted by atomic mass is 79.9. The molecule has 2 aromatic rings. The van der Waals surface area contributed by atoms with Crippen LogP contribution in [0.25, 0.3) is 0 Å². The van der Waals surface area contributed by atoms with Gasteiger partial charge >= 0.3 is 0 Å². The van der Waals surface area contributed by atoms with Gasteiger partial charge in [-0.25, -0.2) is 4.68 Å². The van der Waals surface area contributed by atoms with Gasteiger partial charge in [-0.3, -0.25) is 0 Å². The number of hydrogen-bond donors (Lipinski definition) is 1. The van der Waals surface area contributed by atoms with Crippen LogP contribution in [0.4, 0.5) is 0 Å². The molecule has 0 atom stereocenters. The van der Waals surface area contributed by atoms with E-state index in [2.05, 4.69) is 21.0 Å². The lowest BCUT2D eigenvalue weighted by molar-refractivity contribution is 0.274. The summed E-state index contributed by atoms with van der Waals surface area (Å²) in [6.07, 6.45) is 0. The van der Waals surface area contributed by atoms with E-state index in [4.69, 9.17) is 16.3 Å². The fourth-order valence-electron chi connectivity index (χ4n) is 1.65. The molecular formula is C12H12BrClN2O2. The topological polar surface area (TPSA) is 47.3 Å². The van der Waals surface area contributed by atoms with E-state index in [0.29, 0.717) is 22.2 Å². The maximum absolute atomic E-state index is 9.33. The van der Waals surface area contributed by atoms with Crippen LogP contribution in [0.3, 0.4) is 0 Å². The van der Waals surface area contributed by atoms with E-state index in [-0.39, 0.29) is 6.61 Å². The van der Waals surface area contributed by atoms with Crippen molar-refractivity contribution in [3.63, 3.8) is 0 Å². The molecule has 1 aromatic heterocycles. The Balaban J connectivity index is 2.39. The van der Waals surface area contributed by atoms with Crippen molar-refractivity contribution in [3.8, 4) is 11.6 Å². The molecule has 1 heterocycles. The SMILES string of the molecule is Cc1nn(C)c(Oc2ccc(Br)cc2Cl)c1CO. The van der Waals surface area contributed by atoms with E-state index < -0.39 is 0 Å². The van der Waals surface area contributed by atoms with Gasteiger partial charge in [-0.1, -0.05) is 27.5 Å². The van der Waals surface area contributed by atoms with E-state index >= 15 is 0 Å². The molecule has 0 unspecified atom stereocenters. The first-order chi connectivity index (χ1) is 8.52. The highest BCUT2D eigenvalue weighted by Crippen LogP contribution is 2.33. The van der Waals surface area contributed by atoms with Crippen LogP contribution in [0.15, 0.2) is 22.7 Å². The average Bonchev–Trinajstić information content (AvgIpc) is 2.57. The summed E-state index contributed by atoms with van der Waals surface area (Å²) in [5.41, 5.74) is 1.40. The first-order valence-corrected chi connectivity index (χ1v) is 6.46. The molecule has 0 aliphatic carbocycles. The minimum atomic E-state index is -0.122. The summed E-state index contributed by atoms with van der Waals surface area (Å²) in [4.78, 5) is 0. The molecule has 1 N–H and O–H groups in total. The van der Waals surface area contributed by atoms with Crippen molar-refractivity contribution in [2.45, 2.75) is 13.5 Å². The zero-order valence-corrected chi connectivity index (χ0v) is 12.3. The third-order valence-corrected chi connectivity index (χ3v) is 3.34. The highest BCUT2D eigenvalue weighted by molar-refractivity contribution is 9.10. The number of ether oxygens (including phenoxy) is 1. The first-order valence-electron chi connectivity index (χ1n) is 5.29. The molecule has 0 aliphatic heterocycles. The maximum Gasteiger partial charge on any atom is 0.223 e. The van der Waals surface area contributed by atoms with Crippen molar-refractivity contribution in [1.29, 1.82) is 0 Å². The Hall–Kier alpha value is -1.04.